The molecule has 0 saturated carbocycles. The van der Waals surface area contributed by atoms with Crippen molar-refractivity contribution in [2.75, 3.05) is 6.26 Å². The van der Waals surface area contributed by atoms with Crippen LogP contribution in [0.2, 0.25) is 5.02 Å². The van der Waals surface area contributed by atoms with Gasteiger partial charge in [0, 0.05) is 16.0 Å². The van der Waals surface area contributed by atoms with Crippen molar-refractivity contribution >= 4 is 32.5 Å². The van der Waals surface area contributed by atoms with Crippen LogP contribution in [0.25, 0.3) is 21.9 Å². The summed E-state index contributed by atoms with van der Waals surface area (Å²) in [4.78, 5) is 12.2. The summed E-state index contributed by atoms with van der Waals surface area (Å²) in [7, 11) is -3.68. The molecular weight excluding hydrogens is 352 g/mol. The molecule has 0 fully saturated rings. The van der Waals surface area contributed by atoms with Crippen molar-refractivity contribution in [3.8, 4) is 11.1 Å². The van der Waals surface area contributed by atoms with Crippen molar-refractivity contribution in [2.45, 2.75) is 6.61 Å². The number of hydrogen-bond donors (Lipinski definition) is 0. The third-order valence-electron chi connectivity index (χ3n) is 3.43. The lowest BCUT2D eigenvalue weighted by Gasteiger charge is -2.12. The van der Waals surface area contributed by atoms with Crippen LogP contribution in [-0.4, -0.2) is 14.7 Å². The van der Waals surface area contributed by atoms with Gasteiger partial charge < -0.3 is 4.42 Å². The van der Waals surface area contributed by atoms with Crippen molar-refractivity contribution < 1.29 is 17.0 Å². The van der Waals surface area contributed by atoms with Crippen LogP contribution in [0.1, 0.15) is 5.76 Å². The zero-order valence-electron chi connectivity index (χ0n) is 12.7. The molecule has 2 aromatic carbocycles. The van der Waals surface area contributed by atoms with Gasteiger partial charge in [0.2, 0.25) is 0 Å². The maximum absolute atomic E-state index is 12.2. The topological polar surface area (TPSA) is 73.6 Å². The van der Waals surface area contributed by atoms with Gasteiger partial charge in [-0.3, -0.25) is 4.18 Å². The molecule has 1 aromatic heterocycles. The molecular formula is C17H13ClO5S. The maximum Gasteiger partial charge on any atom is 0.343 e. The molecule has 24 heavy (non-hydrogen) atoms. The highest BCUT2D eigenvalue weighted by atomic mass is 35.5. The van der Waals surface area contributed by atoms with Crippen molar-refractivity contribution in [3.63, 3.8) is 0 Å². The SMILES string of the molecule is CS(=O)(=O)OCc1oc(=O)c2ccc(Cl)cc2c1-c1ccccc1. The predicted octanol–water partition coefficient (Wildman–Crippen LogP) is 3.59. The monoisotopic (exact) mass is 364 g/mol. The predicted molar refractivity (Wildman–Crippen MR) is 92.6 cm³/mol. The minimum atomic E-state index is -3.68. The van der Waals surface area contributed by atoms with E-state index in [1.807, 2.05) is 30.3 Å². The number of hydrogen-bond acceptors (Lipinski definition) is 5. The Hall–Kier alpha value is -2.15. The second-order valence-corrected chi connectivity index (χ2v) is 7.29. The van der Waals surface area contributed by atoms with Crippen molar-refractivity contribution in [1.29, 1.82) is 0 Å². The first-order valence-corrected chi connectivity index (χ1v) is 9.20. The molecule has 0 saturated heterocycles. The molecule has 3 aromatic rings. The zero-order chi connectivity index (χ0) is 17.3. The molecule has 0 atom stereocenters. The van der Waals surface area contributed by atoms with E-state index in [0.29, 0.717) is 21.4 Å². The molecule has 124 valence electrons. The van der Waals surface area contributed by atoms with E-state index < -0.39 is 15.7 Å². The van der Waals surface area contributed by atoms with E-state index in [9.17, 15) is 13.2 Å². The lowest BCUT2D eigenvalue weighted by molar-refractivity contribution is 0.271. The van der Waals surface area contributed by atoms with Crippen LogP contribution >= 0.6 is 11.6 Å². The quantitative estimate of drug-likeness (QED) is 0.661. The molecule has 1 heterocycles. The number of fused-ring (bicyclic) bond motifs is 1. The third-order valence-corrected chi connectivity index (χ3v) is 4.21. The first-order valence-electron chi connectivity index (χ1n) is 7.00. The fourth-order valence-corrected chi connectivity index (χ4v) is 2.95. The zero-order valence-corrected chi connectivity index (χ0v) is 14.2. The molecule has 0 radical (unpaired) electrons. The molecule has 0 aliphatic heterocycles. The molecule has 0 N–H and O–H groups in total. The lowest BCUT2D eigenvalue weighted by Crippen LogP contribution is -2.09. The van der Waals surface area contributed by atoms with Gasteiger partial charge in [-0.1, -0.05) is 41.9 Å². The van der Waals surface area contributed by atoms with Crippen LogP contribution in [0.3, 0.4) is 0 Å². The Morgan fingerprint density at radius 2 is 1.79 bits per heavy atom. The van der Waals surface area contributed by atoms with Gasteiger partial charge in [0.15, 0.2) is 0 Å². The average Bonchev–Trinajstić information content (AvgIpc) is 2.53. The van der Waals surface area contributed by atoms with E-state index in [-0.39, 0.29) is 12.4 Å². The van der Waals surface area contributed by atoms with E-state index in [2.05, 4.69) is 0 Å². The summed E-state index contributed by atoms with van der Waals surface area (Å²) in [5.41, 5.74) is 0.769. The van der Waals surface area contributed by atoms with Gasteiger partial charge in [0.05, 0.1) is 11.6 Å². The summed E-state index contributed by atoms with van der Waals surface area (Å²) in [5, 5.41) is 1.40. The van der Waals surface area contributed by atoms with Gasteiger partial charge in [0.25, 0.3) is 10.1 Å². The standard InChI is InChI=1S/C17H13ClO5S/c1-24(20,21)22-10-15-16(11-5-3-2-4-6-11)14-9-12(18)7-8-13(14)17(19)23-15/h2-9H,10H2,1H3. The summed E-state index contributed by atoms with van der Waals surface area (Å²) in [6, 6.07) is 14.0. The Bertz CT molecular complexity index is 1060. The second kappa shape index (κ2) is 6.39. The maximum atomic E-state index is 12.2. The Morgan fingerprint density at radius 1 is 1.08 bits per heavy atom. The Balaban J connectivity index is 2.32. The van der Waals surface area contributed by atoms with Crippen molar-refractivity contribution in [3.05, 3.63) is 69.7 Å². The Kier molecular flexibility index (Phi) is 4.45. The summed E-state index contributed by atoms with van der Waals surface area (Å²) < 4.78 is 32.7. The van der Waals surface area contributed by atoms with E-state index in [1.165, 1.54) is 0 Å². The van der Waals surface area contributed by atoms with Gasteiger partial charge in [0.1, 0.15) is 12.4 Å². The van der Waals surface area contributed by atoms with Gasteiger partial charge in [-0.2, -0.15) is 8.42 Å². The molecule has 0 spiro atoms. The van der Waals surface area contributed by atoms with Crippen LogP contribution in [0.5, 0.6) is 0 Å². The van der Waals surface area contributed by atoms with E-state index in [0.717, 1.165) is 11.8 Å². The molecule has 7 heteroatoms. The summed E-state index contributed by atoms with van der Waals surface area (Å²) >= 11 is 6.07. The summed E-state index contributed by atoms with van der Waals surface area (Å²) in [5.74, 6) is 0.131. The Labute approximate surface area is 143 Å². The van der Waals surface area contributed by atoms with Crippen molar-refractivity contribution in [2.24, 2.45) is 0 Å². The second-order valence-electron chi connectivity index (χ2n) is 5.21. The lowest BCUT2D eigenvalue weighted by atomic mass is 9.98. The minimum Gasteiger partial charge on any atom is -0.424 e. The van der Waals surface area contributed by atoms with Crippen LogP contribution in [-0.2, 0) is 20.9 Å². The highest BCUT2D eigenvalue weighted by molar-refractivity contribution is 7.85. The summed E-state index contributed by atoms with van der Waals surface area (Å²) in [6.07, 6.45) is 0.936. The highest BCUT2D eigenvalue weighted by Crippen LogP contribution is 2.32. The summed E-state index contributed by atoms with van der Waals surface area (Å²) in [6.45, 7) is -0.374. The molecule has 3 rings (SSSR count). The third kappa shape index (κ3) is 3.51. The van der Waals surface area contributed by atoms with Crippen LogP contribution in [0, 0.1) is 0 Å². The number of halogens is 1. The first kappa shape index (κ1) is 16.7. The molecule has 0 aliphatic rings. The Morgan fingerprint density at radius 3 is 2.46 bits per heavy atom. The smallest absolute Gasteiger partial charge is 0.343 e. The van der Waals surface area contributed by atoms with Gasteiger partial charge in [-0.05, 0) is 23.8 Å². The minimum absolute atomic E-state index is 0.131. The van der Waals surface area contributed by atoms with Gasteiger partial charge in [-0.25, -0.2) is 4.79 Å². The number of rotatable bonds is 4. The van der Waals surface area contributed by atoms with Gasteiger partial charge >= 0.3 is 5.63 Å². The average molecular weight is 365 g/mol. The number of benzene rings is 2. The van der Waals surface area contributed by atoms with Crippen LogP contribution in [0.15, 0.2) is 57.7 Å². The first-order chi connectivity index (χ1) is 11.3. The molecule has 5 nitrogen and oxygen atoms in total. The van der Waals surface area contributed by atoms with Crippen LogP contribution in [0.4, 0.5) is 0 Å². The van der Waals surface area contributed by atoms with E-state index >= 15 is 0 Å². The van der Waals surface area contributed by atoms with Gasteiger partial charge in [-0.15, -0.1) is 0 Å². The largest absolute Gasteiger partial charge is 0.424 e. The molecule has 0 bridgehead atoms. The fraction of sp³-hybridized carbons (Fsp3) is 0.118. The fourth-order valence-electron chi connectivity index (χ4n) is 2.45. The van der Waals surface area contributed by atoms with Crippen molar-refractivity contribution in [1.82, 2.24) is 0 Å². The highest BCUT2D eigenvalue weighted by Gasteiger charge is 2.17. The molecule has 0 amide bonds. The molecule has 0 unspecified atom stereocenters. The normalized spacial score (nSPS) is 11.8. The van der Waals surface area contributed by atoms with Crippen LogP contribution < -0.4 is 5.63 Å². The molecule has 0 aliphatic carbocycles. The van der Waals surface area contributed by atoms with E-state index in [1.54, 1.807) is 18.2 Å². The van der Waals surface area contributed by atoms with E-state index in [4.69, 9.17) is 20.2 Å².